The molecule has 82 valence electrons. The average molecular weight is 235 g/mol. The van der Waals surface area contributed by atoms with Crippen LogP contribution in [0.1, 0.15) is 23.1 Å². The van der Waals surface area contributed by atoms with Crippen LogP contribution in [0.25, 0.3) is 0 Å². The molecule has 0 amide bonds. The maximum atomic E-state index is 10.1. The molecule has 1 unspecified atom stereocenters. The van der Waals surface area contributed by atoms with Crippen LogP contribution in [0.2, 0.25) is 5.02 Å². The number of halogens is 1. The van der Waals surface area contributed by atoms with Crippen molar-refractivity contribution >= 4 is 11.6 Å². The van der Waals surface area contributed by atoms with Crippen LogP contribution in [-0.2, 0) is 0 Å². The number of hydrogen-bond donors (Lipinski definition) is 1. The van der Waals surface area contributed by atoms with Crippen LogP contribution in [0, 0.1) is 6.92 Å². The second-order valence-corrected chi connectivity index (χ2v) is 3.91. The molecule has 0 aromatic carbocycles. The molecule has 1 N–H and O–H groups in total. The minimum absolute atomic E-state index is 0.454. The molecule has 0 aliphatic heterocycles. The molecule has 0 spiro atoms. The molecular formula is C12H11ClN2O. The number of aliphatic hydroxyl groups is 1. The van der Waals surface area contributed by atoms with Gasteiger partial charge in [0.15, 0.2) is 0 Å². The Labute approximate surface area is 98.8 Å². The van der Waals surface area contributed by atoms with E-state index in [1.54, 1.807) is 24.5 Å². The standard InChI is InChI=1S/C12H11ClN2O/c1-8-4-5-9(7-15-8)12(16)11-10(13)3-2-6-14-11/h2-7,12,16H,1H3. The first kappa shape index (κ1) is 11.0. The fourth-order valence-electron chi connectivity index (χ4n) is 1.40. The predicted octanol–water partition coefficient (Wildman–Crippen LogP) is 2.52. The Morgan fingerprint density at radius 1 is 1.25 bits per heavy atom. The number of aromatic nitrogens is 2. The van der Waals surface area contributed by atoms with Gasteiger partial charge < -0.3 is 5.11 Å². The van der Waals surface area contributed by atoms with E-state index in [1.807, 2.05) is 19.1 Å². The van der Waals surface area contributed by atoms with Crippen LogP contribution in [0.5, 0.6) is 0 Å². The third kappa shape index (κ3) is 2.21. The second kappa shape index (κ2) is 4.60. The molecule has 16 heavy (non-hydrogen) atoms. The highest BCUT2D eigenvalue weighted by molar-refractivity contribution is 6.31. The number of rotatable bonds is 2. The van der Waals surface area contributed by atoms with E-state index in [9.17, 15) is 5.11 Å². The third-order valence-electron chi connectivity index (χ3n) is 2.30. The van der Waals surface area contributed by atoms with Crippen molar-refractivity contribution in [1.29, 1.82) is 0 Å². The summed E-state index contributed by atoms with van der Waals surface area (Å²) in [5.41, 5.74) is 2.05. The maximum absolute atomic E-state index is 10.1. The van der Waals surface area contributed by atoms with Crippen molar-refractivity contribution in [3.8, 4) is 0 Å². The van der Waals surface area contributed by atoms with E-state index in [-0.39, 0.29) is 0 Å². The zero-order chi connectivity index (χ0) is 11.5. The lowest BCUT2D eigenvalue weighted by Gasteiger charge is -2.11. The predicted molar refractivity (Wildman–Crippen MR) is 62.3 cm³/mol. The minimum Gasteiger partial charge on any atom is -0.382 e. The van der Waals surface area contributed by atoms with Gasteiger partial charge in [-0.25, -0.2) is 0 Å². The van der Waals surface area contributed by atoms with Gasteiger partial charge in [-0.3, -0.25) is 9.97 Å². The van der Waals surface area contributed by atoms with Crippen molar-refractivity contribution < 1.29 is 5.11 Å². The molecule has 0 fully saturated rings. The van der Waals surface area contributed by atoms with Gasteiger partial charge in [0.2, 0.25) is 0 Å². The average Bonchev–Trinajstić information content (AvgIpc) is 2.30. The normalized spacial score (nSPS) is 12.4. The Balaban J connectivity index is 2.35. The second-order valence-electron chi connectivity index (χ2n) is 3.51. The van der Waals surface area contributed by atoms with Gasteiger partial charge in [0, 0.05) is 23.7 Å². The SMILES string of the molecule is Cc1ccc(C(O)c2ncccc2Cl)cn1. The molecule has 0 radical (unpaired) electrons. The molecule has 4 heteroatoms. The van der Waals surface area contributed by atoms with Crippen molar-refractivity contribution in [3.63, 3.8) is 0 Å². The molecule has 2 heterocycles. The Morgan fingerprint density at radius 2 is 2.06 bits per heavy atom. The third-order valence-corrected chi connectivity index (χ3v) is 2.62. The Kier molecular flexibility index (Phi) is 3.17. The van der Waals surface area contributed by atoms with Crippen LogP contribution in [-0.4, -0.2) is 15.1 Å². The number of aryl methyl sites for hydroxylation is 1. The van der Waals surface area contributed by atoms with Gasteiger partial charge in [0.1, 0.15) is 6.10 Å². The first-order chi connectivity index (χ1) is 7.68. The van der Waals surface area contributed by atoms with E-state index in [0.717, 1.165) is 5.69 Å². The number of aliphatic hydroxyl groups excluding tert-OH is 1. The number of nitrogens with zero attached hydrogens (tertiary/aromatic N) is 2. The summed E-state index contributed by atoms with van der Waals surface area (Å²) < 4.78 is 0. The summed E-state index contributed by atoms with van der Waals surface area (Å²) in [4.78, 5) is 8.19. The zero-order valence-corrected chi connectivity index (χ0v) is 9.52. The topological polar surface area (TPSA) is 46.0 Å². The van der Waals surface area contributed by atoms with Gasteiger partial charge in [0.25, 0.3) is 0 Å². The van der Waals surface area contributed by atoms with E-state index >= 15 is 0 Å². The van der Waals surface area contributed by atoms with E-state index in [0.29, 0.717) is 16.3 Å². The molecule has 2 aromatic heterocycles. The van der Waals surface area contributed by atoms with Crippen molar-refractivity contribution in [2.75, 3.05) is 0 Å². The Hall–Kier alpha value is -1.45. The smallest absolute Gasteiger partial charge is 0.124 e. The highest BCUT2D eigenvalue weighted by atomic mass is 35.5. The summed E-state index contributed by atoms with van der Waals surface area (Å²) in [5, 5.41) is 10.5. The van der Waals surface area contributed by atoms with Crippen LogP contribution >= 0.6 is 11.6 Å². The first-order valence-corrected chi connectivity index (χ1v) is 5.27. The van der Waals surface area contributed by atoms with Crippen LogP contribution in [0.15, 0.2) is 36.7 Å². The first-order valence-electron chi connectivity index (χ1n) is 4.89. The Morgan fingerprint density at radius 3 is 2.69 bits per heavy atom. The monoisotopic (exact) mass is 234 g/mol. The van der Waals surface area contributed by atoms with Gasteiger partial charge in [0.05, 0.1) is 10.7 Å². The molecule has 0 aliphatic carbocycles. The fraction of sp³-hybridized carbons (Fsp3) is 0.167. The highest BCUT2D eigenvalue weighted by Gasteiger charge is 2.14. The summed E-state index contributed by atoms with van der Waals surface area (Å²) in [5.74, 6) is 0. The molecule has 1 atom stereocenters. The lowest BCUT2D eigenvalue weighted by Crippen LogP contribution is -2.03. The zero-order valence-electron chi connectivity index (χ0n) is 8.76. The van der Waals surface area contributed by atoms with Gasteiger partial charge in [-0.2, -0.15) is 0 Å². The number of pyridine rings is 2. The van der Waals surface area contributed by atoms with Crippen molar-refractivity contribution in [2.24, 2.45) is 0 Å². The lowest BCUT2D eigenvalue weighted by atomic mass is 10.1. The van der Waals surface area contributed by atoms with Crippen LogP contribution in [0.3, 0.4) is 0 Å². The van der Waals surface area contributed by atoms with Crippen molar-refractivity contribution in [1.82, 2.24) is 9.97 Å². The summed E-state index contributed by atoms with van der Waals surface area (Å²) in [7, 11) is 0. The quantitative estimate of drug-likeness (QED) is 0.869. The summed E-state index contributed by atoms with van der Waals surface area (Å²) >= 11 is 5.96. The molecule has 2 aromatic rings. The van der Waals surface area contributed by atoms with Crippen molar-refractivity contribution in [2.45, 2.75) is 13.0 Å². The molecular weight excluding hydrogens is 224 g/mol. The molecule has 0 saturated carbocycles. The van der Waals surface area contributed by atoms with E-state index in [4.69, 9.17) is 11.6 Å². The van der Waals surface area contributed by atoms with Gasteiger partial charge >= 0.3 is 0 Å². The molecule has 2 rings (SSSR count). The van der Waals surface area contributed by atoms with Gasteiger partial charge in [-0.05, 0) is 25.1 Å². The van der Waals surface area contributed by atoms with E-state index in [2.05, 4.69) is 9.97 Å². The van der Waals surface area contributed by atoms with Gasteiger partial charge in [-0.1, -0.05) is 17.7 Å². The summed E-state index contributed by atoms with van der Waals surface area (Å²) in [6, 6.07) is 7.09. The molecule has 3 nitrogen and oxygen atoms in total. The lowest BCUT2D eigenvalue weighted by molar-refractivity contribution is 0.215. The highest BCUT2D eigenvalue weighted by Crippen LogP contribution is 2.25. The summed E-state index contributed by atoms with van der Waals surface area (Å²) in [6.45, 7) is 1.89. The fourth-order valence-corrected chi connectivity index (χ4v) is 1.62. The van der Waals surface area contributed by atoms with E-state index < -0.39 is 6.10 Å². The molecule has 0 aliphatic rings. The minimum atomic E-state index is -0.832. The Bertz CT molecular complexity index is 485. The largest absolute Gasteiger partial charge is 0.382 e. The van der Waals surface area contributed by atoms with Crippen LogP contribution < -0.4 is 0 Å². The maximum Gasteiger partial charge on any atom is 0.124 e. The van der Waals surface area contributed by atoms with Gasteiger partial charge in [-0.15, -0.1) is 0 Å². The number of hydrogen-bond acceptors (Lipinski definition) is 3. The van der Waals surface area contributed by atoms with E-state index in [1.165, 1.54) is 0 Å². The van der Waals surface area contributed by atoms with Crippen molar-refractivity contribution in [3.05, 3.63) is 58.6 Å². The molecule has 0 saturated heterocycles. The van der Waals surface area contributed by atoms with Crippen LogP contribution in [0.4, 0.5) is 0 Å². The summed E-state index contributed by atoms with van der Waals surface area (Å²) in [6.07, 6.45) is 2.40. The molecule has 0 bridgehead atoms.